The molecule has 3 atom stereocenters. The largest absolute Gasteiger partial charge is 0.465 e. The number of aromatic amines is 1. The molecular weight excluding hydrogens is 368 g/mol. The Morgan fingerprint density at radius 3 is 2.62 bits per heavy atom. The topological polar surface area (TPSA) is 79.5 Å². The van der Waals surface area contributed by atoms with Crippen LogP contribution < -0.4 is 5.56 Å². The normalized spacial score (nSPS) is 25.2. The van der Waals surface area contributed by atoms with Crippen molar-refractivity contribution >= 4 is 11.9 Å². The van der Waals surface area contributed by atoms with E-state index in [4.69, 9.17) is 4.74 Å². The van der Waals surface area contributed by atoms with Crippen LogP contribution in [0.3, 0.4) is 0 Å². The van der Waals surface area contributed by atoms with Crippen LogP contribution in [0.2, 0.25) is 0 Å². The first-order valence-electron chi connectivity index (χ1n) is 10.2. The highest BCUT2D eigenvalue weighted by Gasteiger charge is 2.62. The number of H-pyrrole nitrogens is 1. The van der Waals surface area contributed by atoms with Crippen LogP contribution in [0.5, 0.6) is 0 Å². The lowest BCUT2D eigenvalue weighted by atomic mass is 9.70. The summed E-state index contributed by atoms with van der Waals surface area (Å²) in [7, 11) is 0. The summed E-state index contributed by atoms with van der Waals surface area (Å²) >= 11 is 0. The number of pyridine rings is 1. The molecule has 2 bridgehead atoms. The number of nitrogens with zero attached hydrogens (tertiary/aromatic N) is 1. The van der Waals surface area contributed by atoms with Crippen LogP contribution in [-0.2, 0) is 16.0 Å². The lowest BCUT2D eigenvalue weighted by Crippen LogP contribution is -2.48. The number of carbonyl (C=O) groups is 2. The molecule has 0 spiro atoms. The third kappa shape index (κ3) is 3.26. The molecular formula is C23H26N2O4. The maximum absolute atomic E-state index is 13.3. The quantitative estimate of drug-likeness (QED) is 0.791. The Morgan fingerprint density at radius 1 is 1.17 bits per heavy atom. The lowest BCUT2D eigenvalue weighted by molar-refractivity contribution is -0.157. The smallest absolute Gasteiger partial charge is 0.314 e. The molecule has 1 amide bonds. The number of nitrogens with one attached hydrogen (secondary N) is 1. The van der Waals surface area contributed by atoms with E-state index in [9.17, 15) is 14.4 Å². The number of ether oxygens (including phenoxy) is 1. The van der Waals surface area contributed by atoms with Crippen LogP contribution in [0.4, 0.5) is 0 Å². The first-order valence-corrected chi connectivity index (χ1v) is 10.2. The summed E-state index contributed by atoms with van der Waals surface area (Å²) < 4.78 is 5.48. The van der Waals surface area contributed by atoms with Crippen LogP contribution in [0, 0.1) is 12.3 Å². The summed E-state index contributed by atoms with van der Waals surface area (Å²) in [5.41, 5.74) is 0.737. The van der Waals surface area contributed by atoms with Gasteiger partial charge in [-0.15, -0.1) is 0 Å². The molecule has 2 fully saturated rings. The highest BCUT2D eigenvalue weighted by molar-refractivity contribution is 5.96. The zero-order valence-electron chi connectivity index (χ0n) is 16.8. The van der Waals surface area contributed by atoms with Crippen molar-refractivity contribution in [3.8, 4) is 0 Å². The van der Waals surface area contributed by atoms with Gasteiger partial charge >= 0.3 is 5.97 Å². The summed E-state index contributed by atoms with van der Waals surface area (Å²) in [6.45, 7) is 3.88. The molecule has 4 rings (SSSR count). The molecule has 2 saturated heterocycles. The van der Waals surface area contributed by atoms with E-state index in [2.05, 4.69) is 4.98 Å². The average Bonchev–Trinajstić information content (AvgIpc) is 3.25. The van der Waals surface area contributed by atoms with Gasteiger partial charge in [0.1, 0.15) is 5.56 Å². The zero-order chi connectivity index (χ0) is 20.6. The van der Waals surface area contributed by atoms with Gasteiger partial charge in [-0.2, -0.15) is 0 Å². The SMILES string of the molecule is CCOC(=O)[C@@]1(Cc2ccccc2)C[C@H]2CC[C@@H]1N2C(=O)c1ccc(C)[nH]c1=O. The maximum atomic E-state index is 13.3. The first-order chi connectivity index (χ1) is 14.0. The second kappa shape index (κ2) is 7.50. The van der Waals surface area contributed by atoms with Gasteiger partial charge < -0.3 is 14.6 Å². The zero-order valence-corrected chi connectivity index (χ0v) is 16.8. The van der Waals surface area contributed by atoms with Crippen LogP contribution in [0.1, 0.15) is 47.8 Å². The molecule has 0 aliphatic carbocycles. The molecule has 0 saturated carbocycles. The number of benzene rings is 1. The highest BCUT2D eigenvalue weighted by atomic mass is 16.5. The van der Waals surface area contributed by atoms with E-state index in [0.717, 1.165) is 18.4 Å². The fourth-order valence-electron chi connectivity index (χ4n) is 5.09. The Labute approximate surface area is 169 Å². The molecule has 1 aromatic heterocycles. The van der Waals surface area contributed by atoms with E-state index in [1.165, 1.54) is 0 Å². The number of carbonyl (C=O) groups excluding carboxylic acids is 2. The average molecular weight is 394 g/mol. The Bertz CT molecular complexity index is 984. The third-order valence-electron chi connectivity index (χ3n) is 6.30. The van der Waals surface area contributed by atoms with Gasteiger partial charge in [-0.25, -0.2) is 0 Å². The number of hydrogen-bond acceptors (Lipinski definition) is 4. The molecule has 6 heteroatoms. The maximum Gasteiger partial charge on any atom is 0.314 e. The van der Waals surface area contributed by atoms with Crippen molar-refractivity contribution in [3.63, 3.8) is 0 Å². The van der Waals surface area contributed by atoms with E-state index in [0.29, 0.717) is 25.1 Å². The van der Waals surface area contributed by atoms with Crippen molar-refractivity contribution in [2.75, 3.05) is 6.61 Å². The number of esters is 1. The first kappa shape index (κ1) is 19.4. The Hall–Kier alpha value is -2.89. The van der Waals surface area contributed by atoms with Crippen LogP contribution >= 0.6 is 0 Å². The Balaban J connectivity index is 1.71. The van der Waals surface area contributed by atoms with Gasteiger partial charge in [0, 0.05) is 17.8 Å². The van der Waals surface area contributed by atoms with Crippen molar-refractivity contribution in [2.24, 2.45) is 5.41 Å². The van der Waals surface area contributed by atoms with Gasteiger partial charge in [-0.05, 0) is 57.2 Å². The molecule has 2 aliphatic rings. The molecule has 1 N–H and O–H groups in total. The summed E-state index contributed by atoms with van der Waals surface area (Å²) in [5, 5.41) is 0. The predicted molar refractivity (Wildman–Crippen MR) is 109 cm³/mol. The predicted octanol–water partition coefficient (Wildman–Crippen LogP) is 2.85. The molecule has 0 unspecified atom stereocenters. The summed E-state index contributed by atoms with van der Waals surface area (Å²) in [5.74, 6) is -0.537. The summed E-state index contributed by atoms with van der Waals surface area (Å²) in [6.07, 6.45) is 2.69. The van der Waals surface area contributed by atoms with E-state index < -0.39 is 5.41 Å². The van der Waals surface area contributed by atoms with Gasteiger partial charge in [0.05, 0.1) is 12.0 Å². The van der Waals surface area contributed by atoms with E-state index in [-0.39, 0.29) is 35.1 Å². The van der Waals surface area contributed by atoms with E-state index >= 15 is 0 Å². The Kier molecular flexibility index (Phi) is 5.03. The molecule has 2 aromatic rings. The fourth-order valence-corrected chi connectivity index (χ4v) is 5.09. The second-order valence-electron chi connectivity index (χ2n) is 8.09. The van der Waals surface area contributed by atoms with E-state index in [1.54, 1.807) is 30.9 Å². The van der Waals surface area contributed by atoms with Gasteiger partial charge in [0.2, 0.25) is 0 Å². The standard InChI is InChI=1S/C23H26N2O4/c1-3-29-22(28)23(13-16-7-5-4-6-8-16)14-17-10-12-19(23)25(17)21(27)18-11-9-15(2)24-20(18)26/h4-9,11,17,19H,3,10,12-14H2,1-2H3,(H,24,26)/t17-,19+,23+/m1/s1. The molecule has 1 aromatic carbocycles. The van der Waals surface area contributed by atoms with Crippen molar-refractivity contribution < 1.29 is 14.3 Å². The summed E-state index contributed by atoms with van der Waals surface area (Å²) in [6, 6.07) is 12.9. The lowest BCUT2D eigenvalue weighted by Gasteiger charge is -2.35. The van der Waals surface area contributed by atoms with Crippen LogP contribution in [-0.4, -0.2) is 40.5 Å². The van der Waals surface area contributed by atoms with E-state index in [1.807, 2.05) is 30.3 Å². The minimum absolute atomic E-state index is 0.0543. The molecule has 29 heavy (non-hydrogen) atoms. The number of amides is 1. The molecule has 0 radical (unpaired) electrons. The minimum Gasteiger partial charge on any atom is -0.465 e. The Morgan fingerprint density at radius 2 is 1.93 bits per heavy atom. The van der Waals surface area contributed by atoms with Crippen molar-refractivity contribution in [1.29, 1.82) is 0 Å². The molecule has 3 heterocycles. The van der Waals surface area contributed by atoms with Gasteiger partial charge in [-0.3, -0.25) is 14.4 Å². The molecule has 2 aliphatic heterocycles. The monoisotopic (exact) mass is 394 g/mol. The third-order valence-corrected chi connectivity index (χ3v) is 6.30. The van der Waals surface area contributed by atoms with Crippen molar-refractivity contribution in [3.05, 3.63) is 69.6 Å². The minimum atomic E-state index is -0.770. The van der Waals surface area contributed by atoms with Crippen molar-refractivity contribution in [2.45, 2.75) is 51.6 Å². The van der Waals surface area contributed by atoms with Gasteiger partial charge in [0.15, 0.2) is 0 Å². The fraction of sp³-hybridized carbons (Fsp3) is 0.435. The molecule has 152 valence electrons. The van der Waals surface area contributed by atoms with Gasteiger partial charge in [0.25, 0.3) is 11.5 Å². The number of fused-ring (bicyclic) bond motifs is 2. The van der Waals surface area contributed by atoms with Gasteiger partial charge in [-0.1, -0.05) is 30.3 Å². The number of hydrogen-bond donors (Lipinski definition) is 1. The van der Waals surface area contributed by atoms with Crippen molar-refractivity contribution in [1.82, 2.24) is 9.88 Å². The number of aryl methyl sites for hydroxylation is 1. The van der Waals surface area contributed by atoms with Crippen LogP contribution in [0.15, 0.2) is 47.3 Å². The number of rotatable bonds is 5. The van der Waals surface area contributed by atoms with Crippen LogP contribution in [0.25, 0.3) is 0 Å². The highest BCUT2D eigenvalue weighted by Crippen LogP contribution is 2.52. The number of aromatic nitrogens is 1. The summed E-state index contributed by atoms with van der Waals surface area (Å²) in [4.78, 5) is 43.3. The molecule has 6 nitrogen and oxygen atoms in total. The second-order valence-corrected chi connectivity index (χ2v) is 8.09.